The van der Waals surface area contributed by atoms with E-state index in [1.165, 1.54) is 21.3 Å². The maximum Gasteiger partial charge on any atom is 0.319 e. The third-order valence-electron chi connectivity index (χ3n) is 3.71. The fourth-order valence-corrected chi connectivity index (χ4v) is 2.39. The molecule has 2 aromatic carbocycles. The quantitative estimate of drug-likeness (QED) is 0.717. The van der Waals surface area contributed by atoms with E-state index in [0.717, 1.165) is 17.7 Å². The first-order chi connectivity index (χ1) is 12.9. The molecule has 0 bridgehead atoms. The molecule has 0 atom stereocenters. The molecule has 0 fully saturated rings. The molecular formula is C18H19F3N2O4. The Labute approximate surface area is 154 Å². The Balaban J connectivity index is 1.98. The number of amides is 2. The van der Waals surface area contributed by atoms with Crippen LogP contribution in [0.25, 0.3) is 0 Å². The van der Waals surface area contributed by atoms with Crippen molar-refractivity contribution in [2.75, 3.05) is 33.2 Å². The van der Waals surface area contributed by atoms with Gasteiger partial charge in [0, 0.05) is 6.54 Å². The highest BCUT2D eigenvalue weighted by Gasteiger charge is 2.16. The van der Waals surface area contributed by atoms with Crippen LogP contribution in [-0.2, 0) is 6.42 Å². The number of anilines is 1. The van der Waals surface area contributed by atoms with E-state index in [1.54, 1.807) is 12.1 Å². The molecular weight excluding hydrogens is 365 g/mol. The summed E-state index contributed by atoms with van der Waals surface area (Å²) >= 11 is 0. The van der Waals surface area contributed by atoms with Crippen LogP contribution >= 0.6 is 0 Å². The largest absolute Gasteiger partial charge is 0.493 e. The van der Waals surface area contributed by atoms with Gasteiger partial charge in [0.15, 0.2) is 29.0 Å². The summed E-state index contributed by atoms with van der Waals surface area (Å²) in [5.41, 5.74) is 0.336. The molecule has 0 heterocycles. The topological polar surface area (TPSA) is 68.8 Å². The van der Waals surface area contributed by atoms with Crippen molar-refractivity contribution in [2.24, 2.45) is 0 Å². The van der Waals surface area contributed by atoms with Crippen LogP contribution < -0.4 is 24.8 Å². The number of ether oxygens (including phenoxy) is 3. The normalized spacial score (nSPS) is 10.3. The van der Waals surface area contributed by atoms with Crippen molar-refractivity contribution in [1.29, 1.82) is 0 Å². The summed E-state index contributed by atoms with van der Waals surface area (Å²) in [6.45, 7) is 0.190. The second-order valence-electron chi connectivity index (χ2n) is 5.39. The molecule has 0 radical (unpaired) electrons. The number of hydrogen-bond donors (Lipinski definition) is 2. The molecule has 0 aliphatic rings. The Hall–Kier alpha value is -3.10. The second-order valence-corrected chi connectivity index (χ2v) is 5.39. The van der Waals surface area contributed by atoms with E-state index < -0.39 is 29.2 Å². The van der Waals surface area contributed by atoms with Crippen molar-refractivity contribution >= 4 is 11.7 Å². The van der Waals surface area contributed by atoms with Crippen LogP contribution in [0.1, 0.15) is 5.56 Å². The maximum absolute atomic E-state index is 13.6. The second kappa shape index (κ2) is 9.02. The predicted molar refractivity (Wildman–Crippen MR) is 93.1 cm³/mol. The number of carbonyl (C=O) groups excluding carboxylic acids is 1. The van der Waals surface area contributed by atoms with Gasteiger partial charge in [-0.05, 0) is 36.2 Å². The first kappa shape index (κ1) is 20.2. The van der Waals surface area contributed by atoms with Crippen LogP contribution in [0.15, 0.2) is 24.3 Å². The van der Waals surface area contributed by atoms with Crippen molar-refractivity contribution in [3.63, 3.8) is 0 Å². The molecule has 0 aliphatic carbocycles. The standard InChI is InChI=1S/C18H19F3N2O4/c1-25-13-8-10(9-14(26-2)17(13)27-3)6-7-22-18(24)23-12-5-4-11(19)15(20)16(12)21/h4-5,8-9H,6-7H2,1-3H3,(H2,22,23,24). The highest BCUT2D eigenvalue weighted by atomic mass is 19.2. The molecule has 2 amide bonds. The van der Waals surface area contributed by atoms with Gasteiger partial charge in [-0.2, -0.15) is 0 Å². The van der Waals surface area contributed by atoms with E-state index in [-0.39, 0.29) is 6.54 Å². The average Bonchev–Trinajstić information content (AvgIpc) is 2.67. The van der Waals surface area contributed by atoms with Crippen molar-refractivity contribution in [3.05, 3.63) is 47.3 Å². The molecule has 0 saturated carbocycles. The minimum atomic E-state index is -1.65. The van der Waals surface area contributed by atoms with Gasteiger partial charge < -0.3 is 24.8 Å². The van der Waals surface area contributed by atoms with E-state index in [2.05, 4.69) is 10.6 Å². The monoisotopic (exact) mass is 384 g/mol. The van der Waals surface area contributed by atoms with E-state index in [1.807, 2.05) is 0 Å². The Kier molecular flexibility index (Phi) is 6.75. The maximum atomic E-state index is 13.6. The lowest BCUT2D eigenvalue weighted by Crippen LogP contribution is -2.31. The molecule has 146 valence electrons. The van der Waals surface area contributed by atoms with Crippen molar-refractivity contribution in [3.8, 4) is 17.2 Å². The van der Waals surface area contributed by atoms with E-state index in [0.29, 0.717) is 23.7 Å². The molecule has 2 rings (SSSR count). The molecule has 0 unspecified atom stereocenters. The smallest absolute Gasteiger partial charge is 0.319 e. The molecule has 0 saturated heterocycles. The Morgan fingerprint density at radius 2 is 1.59 bits per heavy atom. The predicted octanol–water partition coefficient (Wildman–Crippen LogP) is 3.49. The Morgan fingerprint density at radius 3 is 2.15 bits per heavy atom. The molecule has 2 aromatic rings. The third kappa shape index (κ3) is 4.75. The number of halogens is 3. The number of carbonyl (C=O) groups is 1. The highest BCUT2D eigenvalue weighted by Crippen LogP contribution is 2.38. The molecule has 0 aromatic heterocycles. The minimum Gasteiger partial charge on any atom is -0.493 e. The van der Waals surface area contributed by atoms with Gasteiger partial charge in [-0.15, -0.1) is 0 Å². The molecule has 6 nitrogen and oxygen atoms in total. The van der Waals surface area contributed by atoms with Gasteiger partial charge >= 0.3 is 6.03 Å². The van der Waals surface area contributed by atoms with E-state index >= 15 is 0 Å². The van der Waals surface area contributed by atoms with Gasteiger partial charge in [-0.25, -0.2) is 18.0 Å². The summed E-state index contributed by atoms with van der Waals surface area (Å²) in [5, 5.41) is 4.63. The lowest BCUT2D eigenvalue weighted by Gasteiger charge is -2.14. The van der Waals surface area contributed by atoms with Crippen LogP contribution in [-0.4, -0.2) is 33.9 Å². The van der Waals surface area contributed by atoms with Crippen LogP contribution in [0, 0.1) is 17.5 Å². The van der Waals surface area contributed by atoms with Crippen molar-refractivity contribution in [2.45, 2.75) is 6.42 Å². The third-order valence-corrected chi connectivity index (χ3v) is 3.71. The zero-order valence-corrected chi connectivity index (χ0v) is 15.0. The summed E-state index contributed by atoms with van der Waals surface area (Å²) in [5.74, 6) is -3.05. The van der Waals surface area contributed by atoms with Gasteiger partial charge in [0.05, 0.1) is 27.0 Å². The first-order valence-corrected chi connectivity index (χ1v) is 7.88. The molecule has 9 heteroatoms. The van der Waals surface area contributed by atoms with Crippen molar-refractivity contribution < 1.29 is 32.2 Å². The summed E-state index contributed by atoms with van der Waals surface area (Å²) < 4.78 is 55.3. The minimum absolute atomic E-state index is 0.190. The number of nitrogens with one attached hydrogen (secondary N) is 2. The number of benzene rings is 2. The summed E-state index contributed by atoms with van der Waals surface area (Å²) in [6, 6.07) is 4.37. The first-order valence-electron chi connectivity index (χ1n) is 7.88. The van der Waals surface area contributed by atoms with E-state index in [9.17, 15) is 18.0 Å². The number of urea groups is 1. The van der Waals surface area contributed by atoms with Gasteiger partial charge in [-0.1, -0.05) is 0 Å². The van der Waals surface area contributed by atoms with Crippen LogP contribution in [0.3, 0.4) is 0 Å². The molecule has 27 heavy (non-hydrogen) atoms. The zero-order valence-electron chi connectivity index (χ0n) is 15.0. The van der Waals surface area contributed by atoms with Gasteiger partial charge in [0.1, 0.15) is 0 Å². The summed E-state index contributed by atoms with van der Waals surface area (Å²) in [4.78, 5) is 11.8. The fourth-order valence-electron chi connectivity index (χ4n) is 2.39. The fraction of sp³-hybridized carbons (Fsp3) is 0.278. The number of hydrogen-bond acceptors (Lipinski definition) is 4. The van der Waals surface area contributed by atoms with Crippen LogP contribution in [0.4, 0.5) is 23.7 Å². The number of rotatable bonds is 7. The molecule has 0 spiro atoms. The molecule has 0 aliphatic heterocycles. The highest BCUT2D eigenvalue weighted by molar-refractivity contribution is 5.89. The zero-order chi connectivity index (χ0) is 20.0. The lowest BCUT2D eigenvalue weighted by atomic mass is 10.1. The van der Waals surface area contributed by atoms with Gasteiger partial charge in [-0.3, -0.25) is 0 Å². The van der Waals surface area contributed by atoms with Crippen molar-refractivity contribution in [1.82, 2.24) is 5.32 Å². The van der Waals surface area contributed by atoms with Gasteiger partial charge in [0.2, 0.25) is 5.75 Å². The van der Waals surface area contributed by atoms with E-state index in [4.69, 9.17) is 14.2 Å². The van der Waals surface area contributed by atoms with Gasteiger partial charge in [0.25, 0.3) is 0 Å². The lowest BCUT2D eigenvalue weighted by molar-refractivity contribution is 0.252. The summed E-state index contributed by atoms with van der Waals surface area (Å²) in [7, 11) is 4.47. The van der Waals surface area contributed by atoms with Crippen LogP contribution in [0.5, 0.6) is 17.2 Å². The number of methoxy groups -OCH3 is 3. The summed E-state index contributed by atoms with van der Waals surface area (Å²) in [6.07, 6.45) is 0.407. The average molecular weight is 384 g/mol. The molecule has 2 N–H and O–H groups in total. The SMILES string of the molecule is COc1cc(CCNC(=O)Nc2ccc(F)c(F)c2F)cc(OC)c1OC. The Bertz CT molecular complexity index is 805. The Morgan fingerprint density at radius 1 is 0.963 bits per heavy atom. The van der Waals surface area contributed by atoms with Crippen LogP contribution in [0.2, 0.25) is 0 Å².